The summed E-state index contributed by atoms with van der Waals surface area (Å²) in [7, 11) is 0. The number of amides is 2. The van der Waals surface area contributed by atoms with Crippen LogP contribution in [0, 0.1) is 5.82 Å². The zero-order chi connectivity index (χ0) is 18.1. The number of nitrogens with zero attached hydrogens (tertiary/aromatic N) is 1. The van der Waals surface area contributed by atoms with E-state index in [2.05, 4.69) is 10.6 Å². The van der Waals surface area contributed by atoms with Gasteiger partial charge in [-0.3, -0.25) is 9.59 Å². The Morgan fingerprint density at radius 3 is 2.96 bits per heavy atom. The second-order valence-electron chi connectivity index (χ2n) is 6.32. The molecule has 0 radical (unpaired) electrons. The summed E-state index contributed by atoms with van der Waals surface area (Å²) >= 11 is 1.46. The maximum Gasteiger partial charge on any atom is 0.254 e. The highest BCUT2D eigenvalue weighted by atomic mass is 32.2. The van der Waals surface area contributed by atoms with Gasteiger partial charge < -0.3 is 15.5 Å². The summed E-state index contributed by atoms with van der Waals surface area (Å²) in [5.41, 5.74) is 1.97. The zero-order valence-corrected chi connectivity index (χ0v) is 14.8. The van der Waals surface area contributed by atoms with Crippen LogP contribution in [0.5, 0.6) is 0 Å². The minimum Gasteiger partial charge on any atom is -0.329 e. The third kappa shape index (κ3) is 3.32. The maximum absolute atomic E-state index is 13.6. The number of fused-ring (bicyclic) bond motifs is 1. The average Bonchev–Trinajstić information content (AvgIpc) is 2.67. The first-order chi connectivity index (χ1) is 12.6. The lowest BCUT2D eigenvalue weighted by Gasteiger charge is -2.36. The molecule has 2 N–H and O–H groups in total. The summed E-state index contributed by atoms with van der Waals surface area (Å²) in [6.07, 6.45) is 0. The minimum absolute atomic E-state index is 0.0630. The van der Waals surface area contributed by atoms with Crippen molar-refractivity contribution in [1.29, 1.82) is 0 Å². The maximum atomic E-state index is 13.6. The Morgan fingerprint density at radius 2 is 2.12 bits per heavy atom. The van der Waals surface area contributed by atoms with Gasteiger partial charge in [-0.05, 0) is 35.9 Å². The third-order valence-electron chi connectivity index (χ3n) is 4.60. The summed E-state index contributed by atoms with van der Waals surface area (Å²) in [4.78, 5) is 27.5. The molecule has 4 rings (SSSR count). The smallest absolute Gasteiger partial charge is 0.254 e. The lowest BCUT2D eigenvalue weighted by Crippen LogP contribution is -2.48. The average molecular weight is 371 g/mol. The molecule has 2 aliphatic heterocycles. The van der Waals surface area contributed by atoms with E-state index < -0.39 is 0 Å². The molecule has 134 valence electrons. The number of halogens is 1. The normalized spacial score (nSPS) is 19.7. The van der Waals surface area contributed by atoms with Gasteiger partial charge in [-0.1, -0.05) is 12.1 Å². The Bertz CT molecular complexity index is 874. The largest absolute Gasteiger partial charge is 0.329 e. The second-order valence-corrected chi connectivity index (χ2v) is 7.34. The van der Waals surface area contributed by atoms with Crippen molar-refractivity contribution in [2.75, 3.05) is 30.7 Å². The van der Waals surface area contributed by atoms with E-state index in [0.717, 1.165) is 10.5 Å². The number of thioether (sulfide) groups is 1. The fourth-order valence-electron chi connectivity index (χ4n) is 3.34. The Labute approximate surface area is 155 Å². The molecule has 2 amide bonds. The van der Waals surface area contributed by atoms with Crippen molar-refractivity contribution in [2.24, 2.45) is 0 Å². The van der Waals surface area contributed by atoms with Crippen molar-refractivity contribution in [1.82, 2.24) is 10.2 Å². The first-order valence-corrected chi connectivity index (χ1v) is 9.44. The molecule has 2 aliphatic rings. The Morgan fingerprint density at radius 1 is 1.23 bits per heavy atom. The summed E-state index contributed by atoms with van der Waals surface area (Å²) in [5, 5.41) is 6.08. The SMILES string of the molecule is O=C1CSc2ccc(C(=O)N3CCNCC3c3cccc(F)c3)cc2N1. The molecule has 0 aliphatic carbocycles. The first-order valence-electron chi connectivity index (χ1n) is 8.46. The lowest BCUT2D eigenvalue weighted by atomic mass is 10.0. The number of carbonyl (C=O) groups is 2. The molecule has 26 heavy (non-hydrogen) atoms. The van der Waals surface area contributed by atoms with Crippen LogP contribution in [0.4, 0.5) is 10.1 Å². The van der Waals surface area contributed by atoms with Crippen molar-refractivity contribution < 1.29 is 14.0 Å². The lowest BCUT2D eigenvalue weighted by molar-refractivity contribution is -0.113. The van der Waals surface area contributed by atoms with E-state index in [1.807, 2.05) is 12.1 Å². The molecule has 0 spiro atoms. The van der Waals surface area contributed by atoms with Crippen LogP contribution >= 0.6 is 11.8 Å². The number of piperazine rings is 1. The standard InChI is InChI=1S/C19H18FN3O2S/c20-14-3-1-2-12(8-14)16-10-21-6-7-23(16)19(25)13-4-5-17-15(9-13)22-18(24)11-26-17/h1-5,8-9,16,21H,6-7,10-11H2,(H,22,24). The highest BCUT2D eigenvalue weighted by molar-refractivity contribution is 8.00. The number of nitrogens with one attached hydrogen (secondary N) is 2. The monoisotopic (exact) mass is 371 g/mol. The molecule has 7 heteroatoms. The van der Waals surface area contributed by atoms with Gasteiger partial charge in [0.05, 0.1) is 17.5 Å². The number of benzene rings is 2. The molecule has 5 nitrogen and oxygen atoms in total. The molecule has 2 aromatic rings. The van der Waals surface area contributed by atoms with E-state index >= 15 is 0 Å². The number of hydrogen-bond donors (Lipinski definition) is 2. The Balaban J connectivity index is 1.63. The van der Waals surface area contributed by atoms with Crippen LogP contribution in [0.1, 0.15) is 22.0 Å². The van der Waals surface area contributed by atoms with Crippen molar-refractivity contribution in [3.8, 4) is 0 Å². The number of anilines is 1. The van der Waals surface area contributed by atoms with Crippen LogP contribution in [0.3, 0.4) is 0 Å². The molecule has 1 unspecified atom stereocenters. The van der Waals surface area contributed by atoms with E-state index in [0.29, 0.717) is 36.6 Å². The summed E-state index contributed by atoms with van der Waals surface area (Å²) in [5.74, 6) is -0.103. The van der Waals surface area contributed by atoms with E-state index in [1.54, 1.807) is 23.1 Å². The fourth-order valence-corrected chi connectivity index (χ4v) is 4.13. The van der Waals surface area contributed by atoms with E-state index in [-0.39, 0.29) is 23.7 Å². The molecule has 0 bridgehead atoms. The van der Waals surface area contributed by atoms with Crippen molar-refractivity contribution >= 4 is 29.3 Å². The van der Waals surface area contributed by atoms with Gasteiger partial charge in [0.2, 0.25) is 5.91 Å². The molecule has 0 saturated carbocycles. The number of hydrogen-bond acceptors (Lipinski definition) is 4. The van der Waals surface area contributed by atoms with Crippen LogP contribution in [-0.2, 0) is 4.79 Å². The Hall–Kier alpha value is -2.38. The van der Waals surface area contributed by atoms with Gasteiger partial charge in [0, 0.05) is 30.1 Å². The quantitative estimate of drug-likeness (QED) is 0.852. The van der Waals surface area contributed by atoms with Crippen molar-refractivity contribution in [3.63, 3.8) is 0 Å². The molecule has 1 atom stereocenters. The molecular formula is C19H18FN3O2S. The molecule has 0 aromatic heterocycles. The van der Waals surface area contributed by atoms with Crippen LogP contribution in [0.2, 0.25) is 0 Å². The first kappa shape index (κ1) is 17.1. The highest BCUT2D eigenvalue weighted by Crippen LogP contribution is 2.33. The van der Waals surface area contributed by atoms with Gasteiger partial charge >= 0.3 is 0 Å². The van der Waals surface area contributed by atoms with Gasteiger partial charge in [0.15, 0.2) is 0 Å². The van der Waals surface area contributed by atoms with E-state index in [4.69, 9.17) is 0 Å². The van der Waals surface area contributed by atoms with Gasteiger partial charge in [-0.15, -0.1) is 11.8 Å². The van der Waals surface area contributed by atoms with Gasteiger partial charge in [-0.2, -0.15) is 0 Å². The topological polar surface area (TPSA) is 61.4 Å². The van der Waals surface area contributed by atoms with Crippen molar-refractivity contribution in [2.45, 2.75) is 10.9 Å². The van der Waals surface area contributed by atoms with Crippen LogP contribution in [-0.4, -0.2) is 42.1 Å². The third-order valence-corrected chi connectivity index (χ3v) is 5.67. The molecular weight excluding hydrogens is 353 g/mol. The zero-order valence-electron chi connectivity index (χ0n) is 14.0. The van der Waals surface area contributed by atoms with Crippen LogP contribution in [0.25, 0.3) is 0 Å². The second kappa shape index (κ2) is 7.09. The Kier molecular flexibility index (Phi) is 4.65. The summed E-state index contributed by atoms with van der Waals surface area (Å²) in [6.45, 7) is 1.81. The van der Waals surface area contributed by atoms with E-state index in [9.17, 15) is 14.0 Å². The fraction of sp³-hybridized carbons (Fsp3) is 0.263. The summed E-state index contributed by atoms with van der Waals surface area (Å²) < 4.78 is 13.6. The number of rotatable bonds is 2. The molecule has 2 heterocycles. The predicted octanol–water partition coefficient (Wildman–Crippen LogP) is 2.66. The van der Waals surface area contributed by atoms with Gasteiger partial charge in [0.1, 0.15) is 5.82 Å². The van der Waals surface area contributed by atoms with Gasteiger partial charge in [0.25, 0.3) is 5.91 Å². The molecule has 2 aromatic carbocycles. The van der Waals surface area contributed by atoms with Crippen molar-refractivity contribution in [3.05, 3.63) is 59.4 Å². The minimum atomic E-state index is -0.311. The van der Waals surface area contributed by atoms with Crippen LogP contribution < -0.4 is 10.6 Å². The number of carbonyl (C=O) groups excluding carboxylic acids is 2. The molecule has 1 fully saturated rings. The van der Waals surface area contributed by atoms with Crippen LogP contribution in [0.15, 0.2) is 47.4 Å². The molecule has 1 saturated heterocycles. The van der Waals surface area contributed by atoms with E-state index in [1.165, 1.54) is 23.9 Å². The highest BCUT2D eigenvalue weighted by Gasteiger charge is 2.29. The predicted molar refractivity (Wildman–Crippen MR) is 98.8 cm³/mol. The van der Waals surface area contributed by atoms with Gasteiger partial charge in [-0.25, -0.2) is 4.39 Å². The summed E-state index contributed by atoms with van der Waals surface area (Å²) in [6, 6.07) is 11.5.